The first-order valence-electron chi connectivity index (χ1n) is 7.60. The van der Waals surface area contributed by atoms with Crippen LogP contribution in [-0.4, -0.2) is 25.4 Å². The SMILES string of the molecule is CCCOCCOCc1ccc(CNC(C)(C)C)cc1Br. The second-order valence-corrected chi connectivity index (χ2v) is 7.05. The van der Waals surface area contributed by atoms with Gasteiger partial charge in [0.1, 0.15) is 0 Å². The second-order valence-electron chi connectivity index (χ2n) is 6.19. The van der Waals surface area contributed by atoms with Crippen molar-refractivity contribution in [2.45, 2.75) is 52.8 Å². The first kappa shape index (κ1) is 18.6. The van der Waals surface area contributed by atoms with Crippen LogP contribution in [0.2, 0.25) is 0 Å². The van der Waals surface area contributed by atoms with E-state index >= 15 is 0 Å². The average molecular weight is 358 g/mol. The molecule has 0 saturated carbocycles. The van der Waals surface area contributed by atoms with Crippen LogP contribution in [0.4, 0.5) is 0 Å². The zero-order valence-electron chi connectivity index (χ0n) is 13.7. The van der Waals surface area contributed by atoms with Gasteiger partial charge in [-0.25, -0.2) is 0 Å². The van der Waals surface area contributed by atoms with Crippen molar-refractivity contribution >= 4 is 15.9 Å². The molecule has 0 spiro atoms. The molecule has 0 saturated heterocycles. The van der Waals surface area contributed by atoms with Gasteiger partial charge in [-0.3, -0.25) is 0 Å². The molecule has 0 fully saturated rings. The molecule has 1 rings (SSSR count). The molecule has 0 aliphatic rings. The molecule has 3 nitrogen and oxygen atoms in total. The van der Waals surface area contributed by atoms with Crippen molar-refractivity contribution in [2.75, 3.05) is 19.8 Å². The molecule has 1 N–H and O–H groups in total. The molecule has 1 aromatic carbocycles. The van der Waals surface area contributed by atoms with Crippen LogP contribution in [0.25, 0.3) is 0 Å². The summed E-state index contributed by atoms with van der Waals surface area (Å²) in [7, 11) is 0. The summed E-state index contributed by atoms with van der Waals surface area (Å²) in [5, 5.41) is 3.49. The summed E-state index contributed by atoms with van der Waals surface area (Å²) < 4.78 is 12.1. The number of benzene rings is 1. The average Bonchev–Trinajstić information content (AvgIpc) is 2.41. The molecule has 4 heteroatoms. The third-order valence-electron chi connectivity index (χ3n) is 2.92. The normalized spacial score (nSPS) is 11.9. The minimum Gasteiger partial charge on any atom is -0.379 e. The predicted octanol–water partition coefficient (Wildman–Crippen LogP) is 4.28. The van der Waals surface area contributed by atoms with Gasteiger partial charge in [0.2, 0.25) is 0 Å². The van der Waals surface area contributed by atoms with Gasteiger partial charge in [0.15, 0.2) is 0 Å². The highest BCUT2D eigenvalue weighted by atomic mass is 79.9. The molecule has 0 atom stereocenters. The van der Waals surface area contributed by atoms with E-state index in [-0.39, 0.29) is 5.54 Å². The summed E-state index contributed by atoms with van der Waals surface area (Å²) in [6, 6.07) is 6.43. The highest BCUT2D eigenvalue weighted by molar-refractivity contribution is 9.10. The first-order valence-corrected chi connectivity index (χ1v) is 8.39. The van der Waals surface area contributed by atoms with Crippen LogP contribution in [0, 0.1) is 0 Å². The fourth-order valence-corrected chi connectivity index (χ4v) is 2.27. The fraction of sp³-hybridized carbons (Fsp3) is 0.647. The summed E-state index contributed by atoms with van der Waals surface area (Å²) in [6.45, 7) is 12.2. The van der Waals surface area contributed by atoms with Crippen LogP contribution < -0.4 is 5.32 Å². The van der Waals surface area contributed by atoms with Gasteiger partial charge in [0.05, 0.1) is 19.8 Å². The van der Waals surface area contributed by atoms with Crippen LogP contribution in [0.1, 0.15) is 45.2 Å². The van der Waals surface area contributed by atoms with E-state index in [1.807, 2.05) is 0 Å². The lowest BCUT2D eigenvalue weighted by atomic mass is 10.1. The smallest absolute Gasteiger partial charge is 0.0728 e. The highest BCUT2D eigenvalue weighted by Crippen LogP contribution is 2.20. The number of hydrogen-bond acceptors (Lipinski definition) is 3. The third-order valence-corrected chi connectivity index (χ3v) is 3.66. The van der Waals surface area contributed by atoms with Crippen LogP contribution in [-0.2, 0) is 22.6 Å². The Morgan fingerprint density at radius 2 is 1.81 bits per heavy atom. The van der Waals surface area contributed by atoms with Crippen molar-refractivity contribution in [1.29, 1.82) is 0 Å². The zero-order valence-corrected chi connectivity index (χ0v) is 15.3. The summed E-state index contributed by atoms with van der Waals surface area (Å²) in [5.41, 5.74) is 2.57. The van der Waals surface area contributed by atoms with Crippen molar-refractivity contribution in [3.63, 3.8) is 0 Å². The van der Waals surface area contributed by atoms with Crippen molar-refractivity contribution in [2.24, 2.45) is 0 Å². The van der Waals surface area contributed by atoms with Gasteiger partial charge >= 0.3 is 0 Å². The van der Waals surface area contributed by atoms with Crippen LogP contribution in [0.15, 0.2) is 22.7 Å². The number of hydrogen-bond donors (Lipinski definition) is 1. The zero-order chi connectivity index (χ0) is 15.7. The van der Waals surface area contributed by atoms with Gasteiger partial charge in [0, 0.05) is 23.2 Å². The number of ether oxygens (including phenoxy) is 2. The molecule has 0 radical (unpaired) electrons. The van der Waals surface area contributed by atoms with Crippen molar-refractivity contribution < 1.29 is 9.47 Å². The minimum absolute atomic E-state index is 0.132. The lowest BCUT2D eigenvalue weighted by Crippen LogP contribution is -2.35. The first-order chi connectivity index (χ1) is 9.92. The largest absolute Gasteiger partial charge is 0.379 e. The Hall–Kier alpha value is -0.420. The summed E-state index contributed by atoms with van der Waals surface area (Å²) in [4.78, 5) is 0. The van der Waals surface area contributed by atoms with Crippen molar-refractivity contribution in [1.82, 2.24) is 5.32 Å². The summed E-state index contributed by atoms with van der Waals surface area (Å²) in [5.74, 6) is 0. The maximum Gasteiger partial charge on any atom is 0.0728 e. The van der Waals surface area contributed by atoms with E-state index in [1.165, 1.54) is 11.1 Å². The summed E-state index contributed by atoms with van der Waals surface area (Å²) in [6.07, 6.45) is 1.05. The molecule has 120 valence electrons. The van der Waals surface area contributed by atoms with Crippen molar-refractivity contribution in [3.8, 4) is 0 Å². The quantitative estimate of drug-likeness (QED) is 0.669. The summed E-state index contributed by atoms with van der Waals surface area (Å²) >= 11 is 3.62. The topological polar surface area (TPSA) is 30.5 Å². The molecule has 0 aliphatic carbocycles. The number of nitrogens with one attached hydrogen (secondary N) is 1. The van der Waals surface area contributed by atoms with Crippen molar-refractivity contribution in [3.05, 3.63) is 33.8 Å². The van der Waals surface area contributed by atoms with E-state index in [0.29, 0.717) is 19.8 Å². The van der Waals surface area contributed by atoms with Crippen LogP contribution in [0.5, 0.6) is 0 Å². The van der Waals surface area contributed by atoms with Gasteiger partial charge in [0.25, 0.3) is 0 Å². The van der Waals surface area contributed by atoms with E-state index in [2.05, 4.69) is 67.1 Å². The van der Waals surface area contributed by atoms with E-state index < -0.39 is 0 Å². The molecule has 1 aromatic rings. The molecule has 0 bridgehead atoms. The van der Waals surface area contributed by atoms with Gasteiger partial charge in [-0.05, 0) is 44.4 Å². The number of rotatable bonds is 9. The van der Waals surface area contributed by atoms with E-state index in [4.69, 9.17) is 9.47 Å². The van der Waals surface area contributed by atoms with Gasteiger partial charge in [-0.15, -0.1) is 0 Å². The Labute approximate surface area is 137 Å². The van der Waals surface area contributed by atoms with Crippen LogP contribution >= 0.6 is 15.9 Å². The van der Waals surface area contributed by atoms with Crippen LogP contribution in [0.3, 0.4) is 0 Å². The Morgan fingerprint density at radius 1 is 1.10 bits per heavy atom. The second kappa shape index (κ2) is 9.57. The minimum atomic E-state index is 0.132. The molecule has 0 unspecified atom stereocenters. The predicted molar refractivity (Wildman–Crippen MR) is 91.5 cm³/mol. The fourth-order valence-electron chi connectivity index (χ4n) is 1.73. The van der Waals surface area contributed by atoms with E-state index in [1.54, 1.807) is 0 Å². The number of halogens is 1. The molecule has 0 amide bonds. The standard InChI is InChI=1S/C17H28BrNO2/c1-5-8-20-9-10-21-13-15-7-6-14(11-16(15)18)12-19-17(2,3)4/h6-7,11,19H,5,8-10,12-13H2,1-4H3. The molecule has 0 aromatic heterocycles. The Kier molecular flexibility index (Phi) is 8.49. The Balaban J connectivity index is 2.36. The van der Waals surface area contributed by atoms with Gasteiger partial charge in [-0.2, -0.15) is 0 Å². The molecule has 0 aliphatic heterocycles. The maximum absolute atomic E-state index is 5.63. The maximum atomic E-state index is 5.63. The Bertz CT molecular complexity index is 416. The van der Waals surface area contributed by atoms with E-state index in [0.717, 1.165) is 24.0 Å². The lowest BCUT2D eigenvalue weighted by Gasteiger charge is -2.20. The molecule has 0 heterocycles. The monoisotopic (exact) mass is 357 g/mol. The third kappa shape index (κ3) is 8.57. The van der Waals surface area contributed by atoms with Gasteiger partial charge in [-0.1, -0.05) is 35.0 Å². The highest BCUT2D eigenvalue weighted by Gasteiger charge is 2.09. The lowest BCUT2D eigenvalue weighted by molar-refractivity contribution is 0.0406. The molecular weight excluding hydrogens is 330 g/mol. The van der Waals surface area contributed by atoms with E-state index in [9.17, 15) is 0 Å². The molecule has 21 heavy (non-hydrogen) atoms. The van der Waals surface area contributed by atoms with Gasteiger partial charge < -0.3 is 14.8 Å². The Morgan fingerprint density at radius 3 is 2.43 bits per heavy atom. The molecular formula is C17H28BrNO2.